The number of rotatable bonds is 4. The number of nitrogens with one attached hydrogen (secondary N) is 2. The molecule has 1 heterocycles. The molecule has 1 aromatic carbocycles. The summed E-state index contributed by atoms with van der Waals surface area (Å²) in [5.74, 6) is 0. The molecule has 5 nitrogen and oxygen atoms in total. The van der Waals surface area contributed by atoms with E-state index >= 15 is 0 Å². The number of hydrogen-bond acceptors (Lipinski definition) is 3. The molecule has 0 aliphatic carbocycles. The molecule has 0 aromatic heterocycles. The second-order valence-corrected chi connectivity index (χ2v) is 6.61. The van der Waals surface area contributed by atoms with Crippen molar-refractivity contribution in [3.05, 3.63) is 35.1 Å². The van der Waals surface area contributed by atoms with Gasteiger partial charge in [0.25, 0.3) is 0 Å². The molecule has 0 bridgehead atoms. The molecule has 0 amide bonds. The maximum atomic E-state index is 12.2. The van der Waals surface area contributed by atoms with Crippen LogP contribution in [0.2, 0.25) is 0 Å². The lowest BCUT2D eigenvalue weighted by Crippen LogP contribution is -2.42. The van der Waals surface area contributed by atoms with Gasteiger partial charge in [-0.15, -0.1) is 5.69 Å². The van der Waals surface area contributed by atoms with Crippen LogP contribution in [-0.2, 0) is 23.0 Å². The normalized spacial score (nSPS) is 16.7. The van der Waals surface area contributed by atoms with Crippen LogP contribution in [0.25, 0.3) is 5.73 Å². The minimum atomic E-state index is -5.27. The Kier molecular flexibility index (Phi) is 4.45. The fourth-order valence-electron chi connectivity index (χ4n) is 2.22. The van der Waals surface area contributed by atoms with Gasteiger partial charge in [-0.05, 0) is 17.5 Å². The summed E-state index contributed by atoms with van der Waals surface area (Å²) in [5.41, 5.74) is 4.77. The first-order chi connectivity index (χ1) is 9.69. The zero-order valence-electron chi connectivity index (χ0n) is 11.1. The Morgan fingerprint density at radius 2 is 2.00 bits per heavy atom. The molecule has 0 spiro atoms. The summed E-state index contributed by atoms with van der Waals surface area (Å²) in [6.45, 7) is 1.10. The van der Waals surface area contributed by atoms with Gasteiger partial charge < -0.3 is 5.73 Å². The highest BCUT2D eigenvalue weighted by Crippen LogP contribution is 2.24. The van der Waals surface area contributed by atoms with Gasteiger partial charge in [-0.2, -0.15) is 13.2 Å². The van der Waals surface area contributed by atoms with Crippen molar-refractivity contribution < 1.29 is 21.6 Å². The average Bonchev–Trinajstić information content (AvgIpc) is 2.37. The van der Waals surface area contributed by atoms with Crippen molar-refractivity contribution >= 4 is 15.7 Å². The fourth-order valence-corrected chi connectivity index (χ4v) is 2.75. The Balaban J connectivity index is 1.88. The lowest BCUT2D eigenvalue weighted by Gasteiger charge is -2.29. The van der Waals surface area contributed by atoms with Crippen LogP contribution in [0.4, 0.5) is 18.9 Å². The molecule has 1 aromatic rings. The molecule has 0 unspecified atom stereocenters. The second-order valence-electron chi connectivity index (χ2n) is 4.85. The second kappa shape index (κ2) is 5.82. The predicted octanol–water partition coefficient (Wildman–Crippen LogP) is 2.17. The zero-order valence-corrected chi connectivity index (χ0v) is 11.9. The minimum Gasteiger partial charge on any atom is -0.699 e. The van der Waals surface area contributed by atoms with E-state index in [1.165, 1.54) is 0 Å². The highest BCUT2D eigenvalue weighted by atomic mass is 32.2. The summed E-state index contributed by atoms with van der Waals surface area (Å²) >= 11 is 0. The number of alkyl halides is 3. The van der Waals surface area contributed by atoms with Gasteiger partial charge in [0, 0.05) is 26.2 Å². The lowest BCUT2D eigenvalue weighted by atomic mass is 9.99. The van der Waals surface area contributed by atoms with Gasteiger partial charge in [0.2, 0.25) is 0 Å². The van der Waals surface area contributed by atoms with Crippen LogP contribution in [0.5, 0.6) is 0 Å². The zero-order chi connectivity index (χ0) is 15.7. The molecule has 1 aliphatic heterocycles. The summed E-state index contributed by atoms with van der Waals surface area (Å²) in [5, 5.41) is 0. The third kappa shape index (κ3) is 3.86. The van der Waals surface area contributed by atoms with E-state index in [9.17, 15) is 21.6 Å². The number of sulfonamides is 1. The molecule has 118 valence electrons. The largest absolute Gasteiger partial charge is 0.699 e. The molecule has 2 rings (SSSR count). The van der Waals surface area contributed by atoms with Gasteiger partial charge >= 0.3 is 15.5 Å². The van der Waals surface area contributed by atoms with Gasteiger partial charge in [0.05, 0.1) is 0 Å². The maximum Gasteiger partial charge on any atom is 0.511 e. The summed E-state index contributed by atoms with van der Waals surface area (Å²) < 4.78 is 59.7. The van der Waals surface area contributed by atoms with Crippen molar-refractivity contribution in [1.82, 2.24) is 9.62 Å². The first kappa shape index (κ1) is 16.1. The van der Waals surface area contributed by atoms with E-state index in [2.05, 4.69) is 0 Å². The molecular weight excluding hydrogens is 307 g/mol. The van der Waals surface area contributed by atoms with Gasteiger partial charge in [0.1, 0.15) is 0 Å². The molecule has 0 fully saturated rings. The Morgan fingerprint density at radius 3 is 2.67 bits per heavy atom. The van der Waals surface area contributed by atoms with Gasteiger partial charge in [-0.3, -0.25) is 4.90 Å². The Morgan fingerprint density at radius 1 is 1.29 bits per heavy atom. The topological polar surface area (TPSA) is 73.2 Å². The van der Waals surface area contributed by atoms with Crippen molar-refractivity contribution in [3.8, 4) is 0 Å². The monoisotopic (exact) mass is 322 g/mol. The Labute approximate surface area is 121 Å². The van der Waals surface area contributed by atoms with Crippen molar-refractivity contribution in [3.63, 3.8) is 0 Å². The van der Waals surface area contributed by atoms with Gasteiger partial charge in [0.15, 0.2) is 0 Å². The van der Waals surface area contributed by atoms with E-state index in [1.54, 1.807) is 16.9 Å². The Hall–Kier alpha value is -1.32. The number of fused-ring (bicyclic) bond motifs is 1. The molecule has 9 heteroatoms. The summed E-state index contributed by atoms with van der Waals surface area (Å²) in [4.78, 5) is 1.88. The first-order valence-electron chi connectivity index (χ1n) is 6.31. The number of hydrogen-bond donors (Lipinski definition) is 1. The predicted molar refractivity (Wildman–Crippen MR) is 72.4 cm³/mol. The molecule has 21 heavy (non-hydrogen) atoms. The van der Waals surface area contributed by atoms with Crippen LogP contribution in [0.3, 0.4) is 0 Å². The van der Waals surface area contributed by atoms with E-state index in [4.69, 9.17) is 5.73 Å². The summed E-state index contributed by atoms with van der Waals surface area (Å²) in [6, 6.07) is 5.26. The van der Waals surface area contributed by atoms with Crippen molar-refractivity contribution in [1.29, 1.82) is 0 Å². The summed E-state index contributed by atoms with van der Waals surface area (Å²) in [6.07, 6.45) is 0.702. The number of benzene rings is 1. The van der Waals surface area contributed by atoms with Crippen LogP contribution in [0.1, 0.15) is 11.1 Å². The molecule has 0 saturated heterocycles. The lowest BCUT2D eigenvalue weighted by molar-refractivity contribution is -0.0448. The van der Waals surface area contributed by atoms with Crippen molar-refractivity contribution in [2.24, 2.45) is 0 Å². The molecule has 2 N–H and O–H groups in total. The quantitative estimate of drug-likeness (QED) is 0.923. The fraction of sp³-hybridized carbons (Fsp3) is 0.500. The SMILES string of the molecule is [NH-]c1ccc2c(c1)CCN(CCNS(=O)(=O)C(F)(F)F)C2. The highest BCUT2D eigenvalue weighted by molar-refractivity contribution is 7.90. The highest BCUT2D eigenvalue weighted by Gasteiger charge is 2.45. The standard InChI is InChI=1S/C12H15F3N3O2S/c13-12(14,15)21(19,20)17-4-6-18-5-3-9-7-11(16)2-1-10(9)8-18/h1-2,7,16-17H,3-6,8H2/q-1. The van der Waals surface area contributed by atoms with Crippen LogP contribution in [-0.4, -0.2) is 38.5 Å². The van der Waals surface area contributed by atoms with Crippen LogP contribution >= 0.6 is 0 Å². The van der Waals surface area contributed by atoms with Crippen LogP contribution in [0.15, 0.2) is 18.2 Å². The van der Waals surface area contributed by atoms with Gasteiger partial charge in [-0.1, -0.05) is 18.2 Å². The number of nitrogens with zero attached hydrogens (tertiary/aromatic N) is 1. The van der Waals surface area contributed by atoms with Crippen LogP contribution in [0, 0.1) is 0 Å². The average molecular weight is 322 g/mol. The number of halogens is 3. The third-order valence-corrected chi connectivity index (χ3v) is 4.52. The van der Waals surface area contributed by atoms with Gasteiger partial charge in [-0.25, -0.2) is 13.1 Å². The Bertz CT molecular complexity index is 617. The van der Waals surface area contributed by atoms with E-state index < -0.39 is 15.5 Å². The van der Waals surface area contributed by atoms with Crippen molar-refractivity contribution in [2.45, 2.75) is 18.5 Å². The van der Waals surface area contributed by atoms with Crippen molar-refractivity contribution in [2.75, 3.05) is 19.6 Å². The molecule has 0 atom stereocenters. The summed E-state index contributed by atoms with van der Waals surface area (Å²) in [7, 11) is -5.27. The third-order valence-electron chi connectivity index (χ3n) is 3.32. The van der Waals surface area contributed by atoms with Crippen LogP contribution < -0.4 is 4.72 Å². The van der Waals surface area contributed by atoms with E-state index in [0.717, 1.165) is 11.1 Å². The molecule has 0 saturated carbocycles. The maximum absolute atomic E-state index is 12.2. The smallest absolute Gasteiger partial charge is 0.511 e. The van der Waals surface area contributed by atoms with E-state index in [-0.39, 0.29) is 13.1 Å². The molecular formula is C12H15F3N3O2S-. The first-order valence-corrected chi connectivity index (χ1v) is 7.79. The molecule has 1 aliphatic rings. The van der Waals surface area contributed by atoms with E-state index in [1.807, 2.05) is 11.0 Å². The minimum absolute atomic E-state index is 0.206. The van der Waals surface area contributed by atoms with E-state index in [0.29, 0.717) is 25.2 Å². The molecule has 0 radical (unpaired) electrons.